The molecule has 17 heavy (non-hydrogen) atoms. The molecule has 2 N–H and O–H groups in total. The number of aliphatic hydroxyl groups is 1. The molecule has 1 aromatic rings. The zero-order chi connectivity index (χ0) is 12.3. The van der Waals surface area contributed by atoms with Crippen molar-refractivity contribution in [2.24, 2.45) is 0 Å². The Bertz CT molecular complexity index is 382. The minimum atomic E-state index is -0.494. The maximum Gasteiger partial charge on any atom is 0.230 e. The van der Waals surface area contributed by atoms with Crippen molar-refractivity contribution in [1.82, 2.24) is 5.32 Å². The van der Waals surface area contributed by atoms with Gasteiger partial charge >= 0.3 is 0 Å². The number of carbonyl (C=O) groups excluding carboxylic acids is 1. The van der Waals surface area contributed by atoms with Crippen molar-refractivity contribution in [1.29, 1.82) is 0 Å². The smallest absolute Gasteiger partial charge is 0.230 e. The van der Waals surface area contributed by atoms with E-state index in [1.165, 1.54) is 0 Å². The molecule has 0 heterocycles. The number of hydrogen-bond donors (Lipinski definition) is 2. The highest BCUT2D eigenvalue weighted by molar-refractivity contribution is 5.89. The second kappa shape index (κ2) is 4.88. The van der Waals surface area contributed by atoms with Gasteiger partial charge in [0.1, 0.15) is 0 Å². The van der Waals surface area contributed by atoms with Gasteiger partial charge in [0, 0.05) is 6.54 Å². The summed E-state index contributed by atoms with van der Waals surface area (Å²) in [4.78, 5) is 12.2. The first kappa shape index (κ1) is 12.1. The number of rotatable bonds is 4. The van der Waals surface area contributed by atoms with Gasteiger partial charge in [0.25, 0.3) is 0 Å². The van der Waals surface area contributed by atoms with Gasteiger partial charge in [-0.25, -0.2) is 0 Å². The van der Waals surface area contributed by atoms with Gasteiger partial charge in [-0.2, -0.15) is 0 Å². The Hall–Kier alpha value is -1.35. The standard InChI is InChI=1S/C14H19NO2/c1-11(16)10-15-13(17)14(8-5-9-14)12-6-3-2-4-7-12/h2-4,6-7,11,16H,5,8-10H2,1H3,(H,15,17)/t11-/m0/s1. The highest BCUT2D eigenvalue weighted by atomic mass is 16.3. The summed E-state index contributed by atoms with van der Waals surface area (Å²) in [6.07, 6.45) is 2.41. The zero-order valence-corrected chi connectivity index (χ0v) is 10.1. The second-order valence-corrected chi connectivity index (χ2v) is 4.86. The van der Waals surface area contributed by atoms with Crippen molar-refractivity contribution >= 4 is 5.91 Å². The van der Waals surface area contributed by atoms with Gasteiger partial charge in [0.05, 0.1) is 11.5 Å². The van der Waals surface area contributed by atoms with Gasteiger partial charge in [-0.15, -0.1) is 0 Å². The van der Waals surface area contributed by atoms with E-state index < -0.39 is 6.10 Å². The Morgan fingerprint density at radius 1 is 1.41 bits per heavy atom. The molecular weight excluding hydrogens is 214 g/mol. The van der Waals surface area contributed by atoms with Crippen LogP contribution in [0.1, 0.15) is 31.7 Å². The molecule has 1 aromatic carbocycles. The van der Waals surface area contributed by atoms with Crippen molar-refractivity contribution in [2.45, 2.75) is 37.7 Å². The van der Waals surface area contributed by atoms with Crippen molar-refractivity contribution in [3.8, 4) is 0 Å². The molecule has 0 unspecified atom stereocenters. The average Bonchev–Trinajstić information content (AvgIpc) is 2.26. The third-order valence-electron chi connectivity index (χ3n) is 3.53. The summed E-state index contributed by atoms with van der Waals surface area (Å²) in [5, 5.41) is 12.0. The van der Waals surface area contributed by atoms with Crippen molar-refractivity contribution in [3.05, 3.63) is 35.9 Å². The van der Waals surface area contributed by atoms with Crippen LogP contribution >= 0.6 is 0 Å². The molecule has 0 aliphatic heterocycles. The van der Waals surface area contributed by atoms with Gasteiger partial charge in [-0.1, -0.05) is 36.8 Å². The summed E-state index contributed by atoms with van der Waals surface area (Å²) in [6.45, 7) is 2.00. The number of carbonyl (C=O) groups is 1. The SMILES string of the molecule is C[C@H](O)CNC(=O)C1(c2ccccc2)CCC1. The lowest BCUT2D eigenvalue weighted by Crippen LogP contribution is -2.50. The van der Waals surface area contributed by atoms with E-state index in [4.69, 9.17) is 0 Å². The first-order valence-electron chi connectivity index (χ1n) is 6.17. The highest BCUT2D eigenvalue weighted by Crippen LogP contribution is 2.43. The normalized spacial score (nSPS) is 19.2. The van der Waals surface area contributed by atoms with Gasteiger partial charge in [0.15, 0.2) is 0 Å². The van der Waals surface area contributed by atoms with Gasteiger partial charge in [-0.05, 0) is 25.3 Å². The largest absolute Gasteiger partial charge is 0.392 e. The van der Waals surface area contributed by atoms with Crippen LogP contribution in [0, 0.1) is 0 Å². The Balaban J connectivity index is 2.12. The van der Waals surface area contributed by atoms with Crippen LogP contribution in [-0.4, -0.2) is 23.7 Å². The molecule has 0 aromatic heterocycles. The van der Waals surface area contributed by atoms with Crippen molar-refractivity contribution < 1.29 is 9.90 Å². The monoisotopic (exact) mass is 233 g/mol. The maximum atomic E-state index is 12.2. The van der Waals surface area contributed by atoms with Crippen molar-refractivity contribution in [2.75, 3.05) is 6.54 Å². The van der Waals surface area contributed by atoms with E-state index in [0.717, 1.165) is 24.8 Å². The van der Waals surface area contributed by atoms with E-state index in [2.05, 4.69) is 5.32 Å². The first-order valence-corrected chi connectivity index (χ1v) is 6.17. The molecule has 0 radical (unpaired) electrons. The van der Waals surface area contributed by atoms with E-state index in [1.807, 2.05) is 30.3 Å². The number of amides is 1. The van der Waals surface area contributed by atoms with Gasteiger partial charge in [-0.3, -0.25) is 4.79 Å². The van der Waals surface area contributed by atoms with Crippen LogP contribution in [0.4, 0.5) is 0 Å². The summed E-state index contributed by atoms with van der Waals surface area (Å²) in [7, 11) is 0. The molecule has 0 bridgehead atoms. The molecule has 3 nitrogen and oxygen atoms in total. The van der Waals surface area contributed by atoms with Crippen LogP contribution < -0.4 is 5.32 Å². The summed E-state index contributed by atoms with van der Waals surface area (Å²) in [5.41, 5.74) is 0.741. The van der Waals surface area contributed by atoms with E-state index in [9.17, 15) is 9.90 Å². The topological polar surface area (TPSA) is 49.3 Å². The lowest BCUT2D eigenvalue weighted by Gasteiger charge is -2.40. The van der Waals surface area contributed by atoms with Crippen LogP contribution in [0.15, 0.2) is 30.3 Å². The third kappa shape index (κ3) is 2.34. The molecule has 1 aliphatic rings. The highest BCUT2D eigenvalue weighted by Gasteiger charge is 2.45. The first-order chi connectivity index (χ1) is 8.15. The maximum absolute atomic E-state index is 12.2. The molecular formula is C14H19NO2. The molecule has 0 saturated heterocycles. The molecule has 3 heteroatoms. The Morgan fingerprint density at radius 2 is 2.06 bits per heavy atom. The molecule has 1 amide bonds. The fourth-order valence-electron chi connectivity index (χ4n) is 2.34. The van der Waals surface area contributed by atoms with Crippen LogP contribution in [0.3, 0.4) is 0 Å². The Morgan fingerprint density at radius 3 is 2.53 bits per heavy atom. The molecule has 1 saturated carbocycles. The fourth-order valence-corrected chi connectivity index (χ4v) is 2.34. The fraction of sp³-hybridized carbons (Fsp3) is 0.500. The Kier molecular flexibility index (Phi) is 3.48. The average molecular weight is 233 g/mol. The lowest BCUT2D eigenvalue weighted by atomic mass is 9.64. The second-order valence-electron chi connectivity index (χ2n) is 4.86. The van der Waals surface area contributed by atoms with E-state index in [0.29, 0.717) is 6.54 Å². The minimum Gasteiger partial charge on any atom is -0.392 e. The number of aliphatic hydroxyl groups excluding tert-OH is 1. The number of hydrogen-bond acceptors (Lipinski definition) is 2. The van der Waals surface area contributed by atoms with Crippen LogP contribution in [0.2, 0.25) is 0 Å². The quantitative estimate of drug-likeness (QED) is 0.830. The predicted molar refractivity (Wildman–Crippen MR) is 66.7 cm³/mol. The summed E-state index contributed by atoms with van der Waals surface area (Å²) >= 11 is 0. The zero-order valence-electron chi connectivity index (χ0n) is 10.1. The van der Waals surface area contributed by atoms with Crippen LogP contribution in [-0.2, 0) is 10.2 Å². The predicted octanol–water partition coefficient (Wildman–Crippen LogP) is 1.61. The lowest BCUT2D eigenvalue weighted by molar-refractivity contribution is -0.130. The summed E-state index contributed by atoms with van der Waals surface area (Å²) < 4.78 is 0. The summed E-state index contributed by atoms with van der Waals surface area (Å²) in [6, 6.07) is 9.93. The molecule has 92 valence electrons. The van der Waals surface area contributed by atoms with E-state index >= 15 is 0 Å². The molecule has 1 fully saturated rings. The molecule has 1 aliphatic carbocycles. The molecule has 0 spiro atoms. The minimum absolute atomic E-state index is 0.0517. The van der Waals surface area contributed by atoms with Crippen molar-refractivity contribution in [3.63, 3.8) is 0 Å². The van der Waals surface area contributed by atoms with Crippen LogP contribution in [0.5, 0.6) is 0 Å². The Labute approximate surface area is 102 Å². The summed E-state index contributed by atoms with van der Waals surface area (Å²) in [5.74, 6) is 0.0517. The molecule has 1 atom stereocenters. The van der Waals surface area contributed by atoms with Crippen LogP contribution in [0.25, 0.3) is 0 Å². The van der Waals surface area contributed by atoms with E-state index in [-0.39, 0.29) is 11.3 Å². The number of nitrogens with one attached hydrogen (secondary N) is 1. The molecule has 2 rings (SSSR count). The third-order valence-corrected chi connectivity index (χ3v) is 3.53. The van der Waals surface area contributed by atoms with Gasteiger partial charge in [0.2, 0.25) is 5.91 Å². The van der Waals surface area contributed by atoms with Gasteiger partial charge < -0.3 is 10.4 Å². The van der Waals surface area contributed by atoms with E-state index in [1.54, 1.807) is 6.92 Å². The number of benzene rings is 1.